The second-order valence-corrected chi connectivity index (χ2v) is 4.38. The SMILES string of the molecule is O=Cc1ccc2c(c1)N(c1ccc(F)cc1)CC2. The van der Waals surface area contributed by atoms with Crippen LogP contribution in [0.4, 0.5) is 15.8 Å². The summed E-state index contributed by atoms with van der Waals surface area (Å²) in [5.41, 5.74) is 3.90. The number of benzene rings is 2. The molecule has 0 atom stereocenters. The van der Waals surface area contributed by atoms with E-state index in [1.54, 1.807) is 12.1 Å². The van der Waals surface area contributed by atoms with Crippen molar-refractivity contribution < 1.29 is 9.18 Å². The Hall–Kier alpha value is -2.16. The van der Waals surface area contributed by atoms with Crippen LogP contribution in [-0.4, -0.2) is 12.8 Å². The van der Waals surface area contributed by atoms with E-state index in [2.05, 4.69) is 4.90 Å². The molecule has 3 rings (SSSR count). The molecule has 1 aliphatic rings. The predicted octanol–water partition coefficient (Wildman–Crippen LogP) is 3.33. The molecular weight excluding hydrogens is 229 g/mol. The summed E-state index contributed by atoms with van der Waals surface area (Å²) in [6, 6.07) is 12.1. The van der Waals surface area contributed by atoms with Crippen molar-refractivity contribution in [2.45, 2.75) is 6.42 Å². The lowest BCUT2D eigenvalue weighted by molar-refractivity contribution is 0.112. The summed E-state index contributed by atoms with van der Waals surface area (Å²) in [6.45, 7) is 0.864. The standard InChI is InChI=1S/C15H12FNO/c16-13-3-5-14(6-4-13)17-8-7-12-2-1-11(10-18)9-15(12)17/h1-6,9-10H,7-8H2. The molecule has 3 heteroatoms. The number of rotatable bonds is 2. The van der Waals surface area contributed by atoms with Gasteiger partial charge in [0, 0.05) is 23.5 Å². The van der Waals surface area contributed by atoms with Crippen LogP contribution in [0.5, 0.6) is 0 Å². The van der Waals surface area contributed by atoms with Gasteiger partial charge in [-0.25, -0.2) is 4.39 Å². The van der Waals surface area contributed by atoms with Crippen molar-refractivity contribution in [2.24, 2.45) is 0 Å². The smallest absolute Gasteiger partial charge is 0.150 e. The fraction of sp³-hybridized carbons (Fsp3) is 0.133. The Balaban J connectivity index is 2.03. The van der Waals surface area contributed by atoms with Gasteiger partial charge in [0.15, 0.2) is 0 Å². The van der Waals surface area contributed by atoms with Gasteiger partial charge in [-0.15, -0.1) is 0 Å². The maximum absolute atomic E-state index is 12.9. The molecule has 0 bridgehead atoms. The predicted molar refractivity (Wildman–Crippen MR) is 68.9 cm³/mol. The van der Waals surface area contributed by atoms with Crippen molar-refractivity contribution in [3.63, 3.8) is 0 Å². The van der Waals surface area contributed by atoms with Crippen molar-refractivity contribution in [1.82, 2.24) is 0 Å². The van der Waals surface area contributed by atoms with Crippen molar-refractivity contribution >= 4 is 17.7 Å². The molecular formula is C15H12FNO. The van der Waals surface area contributed by atoms with E-state index in [9.17, 15) is 9.18 Å². The Morgan fingerprint density at radius 2 is 1.89 bits per heavy atom. The van der Waals surface area contributed by atoms with Gasteiger partial charge in [-0.05, 0) is 42.3 Å². The number of hydrogen-bond donors (Lipinski definition) is 0. The number of anilines is 2. The van der Waals surface area contributed by atoms with Crippen molar-refractivity contribution in [3.05, 3.63) is 59.4 Å². The first-order valence-corrected chi connectivity index (χ1v) is 5.89. The lowest BCUT2D eigenvalue weighted by Gasteiger charge is -2.19. The molecule has 0 fully saturated rings. The highest BCUT2D eigenvalue weighted by atomic mass is 19.1. The zero-order chi connectivity index (χ0) is 12.5. The van der Waals surface area contributed by atoms with Crippen LogP contribution in [0.2, 0.25) is 0 Å². The van der Waals surface area contributed by atoms with Crippen LogP contribution in [0.3, 0.4) is 0 Å². The molecule has 2 aromatic rings. The summed E-state index contributed by atoms with van der Waals surface area (Å²) >= 11 is 0. The number of hydrogen-bond acceptors (Lipinski definition) is 2. The molecule has 0 aromatic heterocycles. The van der Waals surface area contributed by atoms with Crippen LogP contribution in [-0.2, 0) is 6.42 Å². The minimum atomic E-state index is -0.236. The van der Waals surface area contributed by atoms with Gasteiger partial charge in [0.1, 0.15) is 12.1 Å². The summed E-state index contributed by atoms with van der Waals surface area (Å²) < 4.78 is 12.9. The third kappa shape index (κ3) is 1.78. The van der Waals surface area contributed by atoms with E-state index in [-0.39, 0.29) is 5.82 Å². The molecule has 0 saturated carbocycles. The van der Waals surface area contributed by atoms with Crippen LogP contribution in [0.15, 0.2) is 42.5 Å². The van der Waals surface area contributed by atoms with Crippen LogP contribution in [0.25, 0.3) is 0 Å². The number of aldehydes is 1. The maximum atomic E-state index is 12.9. The first-order valence-electron chi connectivity index (χ1n) is 5.89. The second-order valence-electron chi connectivity index (χ2n) is 4.38. The number of halogens is 1. The lowest BCUT2D eigenvalue weighted by Crippen LogP contribution is -2.13. The Morgan fingerprint density at radius 1 is 1.11 bits per heavy atom. The Kier molecular flexibility index (Phi) is 2.59. The molecule has 1 heterocycles. The van der Waals surface area contributed by atoms with Gasteiger partial charge in [-0.1, -0.05) is 12.1 Å². The molecule has 0 spiro atoms. The average Bonchev–Trinajstić information content (AvgIpc) is 2.82. The molecule has 0 aliphatic carbocycles. The number of carbonyl (C=O) groups is 1. The Labute approximate surface area is 105 Å². The highest BCUT2D eigenvalue weighted by Gasteiger charge is 2.20. The number of nitrogens with zero attached hydrogens (tertiary/aromatic N) is 1. The quantitative estimate of drug-likeness (QED) is 0.752. The lowest BCUT2D eigenvalue weighted by atomic mass is 10.1. The van der Waals surface area contributed by atoms with Crippen LogP contribution >= 0.6 is 0 Å². The number of carbonyl (C=O) groups excluding carboxylic acids is 1. The molecule has 2 aromatic carbocycles. The molecule has 90 valence electrons. The maximum Gasteiger partial charge on any atom is 0.150 e. The van der Waals surface area contributed by atoms with E-state index < -0.39 is 0 Å². The molecule has 18 heavy (non-hydrogen) atoms. The van der Waals surface area contributed by atoms with Gasteiger partial charge in [-0.2, -0.15) is 0 Å². The molecule has 0 N–H and O–H groups in total. The van der Waals surface area contributed by atoms with Gasteiger partial charge in [-0.3, -0.25) is 4.79 Å². The Bertz CT molecular complexity index is 592. The van der Waals surface area contributed by atoms with E-state index in [1.807, 2.05) is 18.2 Å². The summed E-state index contributed by atoms with van der Waals surface area (Å²) in [5.74, 6) is -0.236. The summed E-state index contributed by atoms with van der Waals surface area (Å²) in [6.07, 6.45) is 1.80. The topological polar surface area (TPSA) is 20.3 Å². The van der Waals surface area contributed by atoms with E-state index in [4.69, 9.17) is 0 Å². The van der Waals surface area contributed by atoms with Gasteiger partial charge in [0.2, 0.25) is 0 Å². The van der Waals surface area contributed by atoms with Crippen LogP contribution in [0, 0.1) is 5.82 Å². The highest BCUT2D eigenvalue weighted by molar-refractivity contribution is 5.80. The van der Waals surface area contributed by atoms with Crippen LogP contribution < -0.4 is 4.90 Å². The zero-order valence-corrected chi connectivity index (χ0v) is 9.77. The van der Waals surface area contributed by atoms with E-state index in [1.165, 1.54) is 17.7 Å². The van der Waals surface area contributed by atoms with Gasteiger partial charge >= 0.3 is 0 Å². The van der Waals surface area contributed by atoms with Gasteiger partial charge < -0.3 is 4.90 Å². The van der Waals surface area contributed by atoms with Crippen molar-refractivity contribution in [2.75, 3.05) is 11.4 Å². The number of fused-ring (bicyclic) bond motifs is 1. The fourth-order valence-corrected chi connectivity index (χ4v) is 2.36. The molecule has 0 unspecified atom stereocenters. The van der Waals surface area contributed by atoms with E-state index >= 15 is 0 Å². The minimum Gasteiger partial charge on any atom is -0.341 e. The summed E-state index contributed by atoms with van der Waals surface area (Å²) in [5, 5.41) is 0. The normalized spacial score (nSPS) is 13.5. The monoisotopic (exact) mass is 241 g/mol. The van der Waals surface area contributed by atoms with Crippen molar-refractivity contribution in [3.8, 4) is 0 Å². The second kappa shape index (κ2) is 4.26. The first kappa shape index (κ1) is 11.0. The largest absolute Gasteiger partial charge is 0.341 e. The van der Waals surface area contributed by atoms with Crippen molar-refractivity contribution in [1.29, 1.82) is 0 Å². The van der Waals surface area contributed by atoms with Gasteiger partial charge in [0.05, 0.1) is 0 Å². The van der Waals surface area contributed by atoms with Gasteiger partial charge in [0.25, 0.3) is 0 Å². The minimum absolute atomic E-state index is 0.236. The Morgan fingerprint density at radius 3 is 2.61 bits per heavy atom. The summed E-state index contributed by atoms with van der Waals surface area (Å²) in [7, 11) is 0. The zero-order valence-electron chi connectivity index (χ0n) is 9.77. The van der Waals surface area contributed by atoms with E-state index in [0.29, 0.717) is 5.56 Å². The van der Waals surface area contributed by atoms with E-state index in [0.717, 1.165) is 30.6 Å². The molecule has 0 radical (unpaired) electrons. The van der Waals surface area contributed by atoms with Crippen LogP contribution in [0.1, 0.15) is 15.9 Å². The first-order chi connectivity index (χ1) is 8.78. The molecule has 2 nitrogen and oxygen atoms in total. The molecule has 0 amide bonds. The third-order valence-electron chi connectivity index (χ3n) is 3.28. The fourth-order valence-electron chi connectivity index (χ4n) is 2.36. The molecule has 0 saturated heterocycles. The summed E-state index contributed by atoms with van der Waals surface area (Å²) in [4.78, 5) is 12.9. The highest BCUT2D eigenvalue weighted by Crippen LogP contribution is 2.34. The third-order valence-corrected chi connectivity index (χ3v) is 3.28. The average molecular weight is 241 g/mol. The molecule has 1 aliphatic heterocycles.